The fourth-order valence-corrected chi connectivity index (χ4v) is 3.09. The zero-order valence-corrected chi connectivity index (χ0v) is 13.5. The summed E-state index contributed by atoms with van der Waals surface area (Å²) in [5.41, 5.74) is 1.16. The van der Waals surface area contributed by atoms with Gasteiger partial charge in [0.05, 0.1) is 7.11 Å². The third kappa shape index (κ3) is 4.48. The van der Waals surface area contributed by atoms with Gasteiger partial charge in [-0.1, -0.05) is 19.1 Å². The van der Waals surface area contributed by atoms with Crippen LogP contribution in [-0.4, -0.2) is 31.0 Å². The fourth-order valence-electron chi connectivity index (χ4n) is 3.09. The second-order valence-electron chi connectivity index (χ2n) is 6.27. The largest absolute Gasteiger partial charge is 0.497 e. The van der Waals surface area contributed by atoms with Crippen molar-refractivity contribution in [3.05, 3.63) is 29.8 Å². The van der Waals surface area contributed by atoms with E-state index in [2.05, 4.69) is 13.0 Å². The SMILES string of the molecule is COc1cccc(CCC(=O)N(C)C2CCC(C)CC2)c1. The standard InChI is InChI=1S/C18H27NO2/c1-14-7-10-16(11-8-14)19(2)18(20)12-9-15-5-4-6-17(13-15)21-3/h4-6,13-14,16H,7-12H2,1-3H3. The van der Waals surface area contributed by atoms with Crippen LogP contribution in [0.15, 0.2) is 24.3 Å². The molecule has 1 aromatic carbocycles. The molecule has 3 heteroatoms. The summed E-state index contributed by atoms with van der Waals surface area (Å²) in [5, 5.41) is 0. The molecule has 0 spiro atoms. The Morgan fingerprint density at radius 2 is 2.00 bits per heavy atom. The van der Waals surface area contributed by atoms with Gasteiger partial charge in [0, 0.05) is 19.5 Å². The van der Waals surface area contributed by atoms with Crippen molar-refractivity contribution in [2.75, 3.05) is 14.2 Å². The minimum atomic E-state index is 0.261. The molecule has 0 saturated heterocycles. The molecular formula is C18H27NO2. The van der Waals surface area contributed by atoms with Gasteiger partial charge in [0.1, 0.15) is 5.75 Å². The van der Waals surface area contributed by atoms with Crippen LogP contribution in [0.1, 0.15) is 44.6 Å². The second kappa shape index (κ2) is 7.48. The van der Waals surface area contributed by atoms with Crippen LogP contribution in [0.25, 0.3) is 0 Å². The highest BCUT2D eigenvalue weighted by Gasteiger charge is 2.24. The zero-order valence-electron chi connectivity index (χ0n) is 13.5. The van der Waals surface area contributed by atoms with Gasteiger partial charge in [0.2, 0.25) is 5.91 Å². The van der Waals surface area contributed by atoms with Gasteiger partial charge < -0.3 is 9.64 Å². The van der Waals surface area contributed by atoms with Crippen molar-refractivity contribution in [3.63, 3.8) is 0 Å². The summed E-state index contributed by atoms with van der Waals surface area (Å²) in [6.45, 7) is 2.31. The van der Waals surface area contributed by atoms with Crippen molar-refractivity contribution in [2.45, 2.75) is 51.5 Å². The van der Waals surface area contributed by atoms with Crippen LogP contribution in [-0.2, 0) is 11.2 Å². The smallest absolute Gasteiger partial charge is 0.222 e. The molecule has 1 aliphatic carbocycles. The molecule has 0 heterocycles. The fraction of sp³-hybridized carbons (Fsp3) is 0.611. The van der Waals surface area contributed by atoms with E-state index in [0.29, 0.717) is 12.5 Å². The van der Waals surface area contributed by atoms with Crippen LogP contribution in [0, 0.1) is 5.92 Å². The molecule has 0 atom stereocenters. The average Bonchev–Trinajstić information content (AvgIpc) is 2.53. The van der Waals surface area contributed by atoms with Crippen molar-refractivity contribution in [1.82, 2.24) is 4.90 Å². The van der Waals surface area contributed by atoms with E-state index >= 15 is 0 Å². The molecule has 116 valence electrons. The Morgan fingerprint density at radius 1 is 1.29 bits per heavy atom. The second-order valence-corrected chi connectivity index (χ2v) is 6.27. The van der Waals surface area contributed by atoms with Gasteiger partial charge in [-0.2, -0.15) is 0 Å². The Bertz CT molecular complexity index is 464. The van der Waals surface area contributed by atoms with E-state index in [0.717, 1.165) is 36.5 Å². The van der Waals surface area contributed by atoms with Gasteiger partial charge in [0.15, 0.2) is 0 Å². The first-order valence-corrected chi connectivity index (χ1v) is 7.98. The lowest BCUT2D eigenvalue weighted by Gasteiger charge is -2.33. The Kier molecular flexibility index (Phi) is 5.66. The first-order chi connectivity index (χ1) is 10.1. The molecule has 1 aromatic rings. The Morgan fingerprint density at radius 3 is 2.67 bits per heavy atom. The zero-order chi connectivity index (χ0) is 15.2. The number of nitrogens with zero attached hydrogens (tertiary/aromatic N) is 1. The molecule has 21 heavy (non-hydrogen) atoms. The number of methoxy groups -OCH3 is 1. The number of carbonyl (C=O) groups excluding carboxylic acids is 1. The number of carbonyl (C=O) groups is 1. The van der Waals surface area contributed by atoms with Gasteiger partial charge in [-0.3, -0.25) is 4.79 Å². The predicted molar refractivity (Wildman–Crippen MR) is 85.5 cm³/mol. The molecule has 0 aliphatic heterocycles. The van der Waals surface area contributed by atoms with E-state index in [4.69, 9.17) is 4.74 Å². The van der Waals surface area contributed by atoms with E-state index in [9.17, 15) is 4.79 Å². The lowest BCUT2D eigenvalue weighted by Crippen LogP contribution is -2.39. The maximum absolute atomic E-state index is 12.3. The highest BCUT2D eigenvalue weighted by molar-refractivity contribution is 5.76. The summed E-state index contributed by atoms with van der Waals surface area (Å²) in [5.74, 6) is 1.94. The molecule has 1 saturated carbocycles. The molecule has 1 aliphatic rings. The van der Waals surface area contributed by atoms with Crippen molar-refractivity contribution in [1.29, 1.82) is 0 Å². The molecular weight excluding hydrogens is 262 g/mol. The van der Waals surface area contributed by atoms with Gasteiger partial charge >= 0.3 is 0 Å². The molecule has 0 bridgehead atoms. The monoisotopic (exact) mass is 289 g/mol. The molecule has 3 nitrogen and oxygen atoms in total. The Hall–Kier alpha value is -1.51. The maximum Gasteiger partial charge on any atom is 0.222 e. The Balaban J connectivity index is 1.83. The summed E-state index contributed by atoms with van der Waals surface area (Å²) in [6.07, 6.45) is 6.17. The number of hydrogen-bond donors (Lipinski definition) is 0. The number of benzene rings is 1. The van der Waals surface area contributed by atoms with Crippen LogP contribution in [0.5, 0.6) is 5.75 Å². The number of aryl methyl sites for hydroxylation is 1. The van der Waals surface area contributed by atoms with Crippen molar-refractivity contribution < 1.29 is 9.53 Å². The van der Waals surface area contributed by atoms with Crippen LogP contribution >= 0.6 is 0 Å². The molecule has 1 fully saturated rings. The maximum atomic E-state index is 12.3. The minimum Gasteiger partial charge on any atom is -0.497 e. The minimum absolute atomic E-state index is 0.261. The van der Waals surface area contributed by atoms with Crippen molar-refractivity contribution in [2.24, 2.45) is 5.92 Å². The van der Waals surface area contributed by atoms with Crippen LogP contribution < -0.4 is 4.74 Å². The predicted octanol–water partition coefficient (Wildman–Crippen LogP) is 3.66. The first-order valence-electron chi connectivity index (χ1n) is 7.98. The van der Waals surface area contributed by atoms with Crippen LogP contribution in [0.4, 0.5) is 0 Å². The third-order valence-corrected chi connectivity index (χ3v) is 4.69. The van der Waals surface area contributed by atoms with Gasteiger partial charge in [0.25, 0.3) is 0 Å². The summed E-state index contributed by atoms with van der Waals surface area (Å²) in [7, 11) is 3.64. The van der Waals surface area contributed by atoms with E-state index in [1.165, 1.54) is 12.8 Å². The van der Waals surface area contributed by atoms with Gasteiger partial charge in [-0.15, -0.1) is 0 Å². The molecule has 2 rings (SSSR count). The van der Waals surface area contributed by atoms with Crippen molar-refractivity contribution >= 4 is 5.91 Å². The van der Waals surface area contributed by atoms with Crippen molar-refractivity contribution in [3.8, 4) is 5.75 Å². The molecule has 0 N–H and O–H groups in total. The number of rotatable bonds is 5. The first kappa shape index (κ1) is 15.9. The summed E-state index contributed by atoms with van der Waals surface area (Å²) in [6, 6.07) is 8.41. The summed E-state index contributed by atoms with van der Waals surface area (Å²) < 4.78 is 5.22. The van der Waals surface area contributed by atoms with E-state index in [-0.39, 0.29) is 5.91 Å². The lowest BCUT2D eigenvalue weighted by molar-refractivity contribution is -0.132. The third-order valence-electron chi connectivity index (χ3n) is 4.69. The highest BCUT2D eigenvalue weighted by atomic mass is 16.5. The summed E-state index contributed by atoms with van der Waals surface area (Å²) in [4.78, 5) is 14.3. The van der Waals surface area contributed by atoms with E-state index < -0.39 is 0 Å². The Labute approximate surface area is 128 Å². The molecule has 0 radical (unpaired) electrons. The molecule has 1 amide bonds. The number of hydrogen-bond acceptors (Lipinski definition) is 2. The van der Waals surface area contributed by atoms with Gasteiger partial charge in [-0.05, 0) is 55.7 Å². The van der Waals surface area contributed by atoms with Crippen LogP contribution in [0.2, 0.25) is 0 Å². The quantitative estimate of drug-likeness (QED) is 0.828. The lowest BCUT2D eigenvalue weighted by atomic mass is 9.86. The number of amides is 1. The summed E-state index contributed by atoms with van der Waals surface area (Å²) >= 11 is 0. The normalized spacial score (nSPS) is 21.9. The van der Waals surface area contributed by atoms with Gasteiger partial charge in [-0.25, -0.2) is 0 Å². The van der Waals surface area contributed by atoms with E-state index in [1.54, 1.807) is 7.11 Å². The highest BCUT2D eigenvalue weighted by Crippen LogP contribution is 2.27. The molecule has 0 unspecified atom stereocenters. The van der Waals surface area contributed by atoms with E-state index in [1.807, 2.05) is 30.1 Å². The topological polar surface area (TPSA) is 29.5 Å². The number of ether oxygens (including phenoxy) is 1. The van der Waals surface area contributed by atoms with Crippen LogP contribution in [0.3, 0.4) is 0 Å². The average molecular weight is 289 g/mol. The molecule has 0 aromatic heterocycles.